The maximum Gasteiger partial charge on any atom is 0.0470 e. The minimum Gasteiger partial charge on any atom is -0.329 e. The van der Waals surface area contributed by atoms with Crippen LogP contribution in [0, 0.1) is 5.41 Å². The summed E-state index contributed by atoms with van der Waals surface area (Å²) in [5, 5.41) is 0. The Hall–Kier alpha value is 0.1000. The first kappa shape index (κ1) is 17.5. The van der Waals surface area contributed by atoms with Crippen molar-refractivity contribution in [2.45, 2.75) is 51.6 Å². The van der Waals surface area contributed by atoms with Gasteiger partial charge in [0.1, 0.15) is 0 Å². The third-order valence-corrected chi connectivity index (χ3v) is 6.81. The van der Waals surface area contributed by atoms with Gasteiger partial charge in [0.15, 0.2) is 0 Å². The highest BCUT2D eigenvalue weighted by Gasteiger charge is 2.31. The molecular weight excluding hydrogens is 392 g/mol. The molecule has 118 valence electrons. The Morgan fingerprint density at radius 1 is 1.24 bits per heavy atom. The molecule has 2 nitrogen and oxygen atoms in total. The summed E-state index contributed by atoms with van der Waals surface area (Å²) < 4.78 is 2.18. The molecular formula is C17H26Br2N2. The topological polar surface area (TPSA) is 29.3 Å². The van der Waals surface area contributed by atoms with Crippen molar-refractivity contribution in [2.24, 2.45) is 11.1 Å². The summed E-state index contributed by atoms with van der Waals surface area (Å²) in [4.78, 5) is 2.49. The lowest BCUT2D eigenvalue weighted by Crippen LogP contribution is -2.41. The van der Waals surface area contributed by atoms with E-state index in [0.717, 1.165) is 8.95 Å². The highest BCUT2D eigenvalue weighted by Crippen LogP contribution is 2.38. The highest BCUT2D eigenvalue weighted by molar-refractivity contribution is 9.13. The van der Waals surface area contributed by atoms with Crippen LogP contribution in [0.3, 0.4) is 0 Å². The Kier molecular flexibility index (Phi) is 5.91. The molecule has 0 bridgehead atoms. The number of likely N-dealkylation sites (N-methyl/N-ethyl adjacent to an activating group) is 1. The summed E-state index contributed by atoms with van der Waals surface area (Å²) in [5.74, 6) is 0. The molecule has 0 spiro atoms. The largest absolute Gasteiger partial charge is 0.329 e. The van der Waals surface area contributed by atoms with Gasteiger partial charge in [-0.15, -0.1) is 0 Å². The highest BCUT2D eigenvalue weighted by atomic mass is 79.9. The lowest BCUT2D eigenvalue weighted by atomic mass is 9.75. The zero-order valence-electron chi connectivity index (χ0n) is 13.2. The number of hydrogen-bond donors (Lipinski definition) is 1. The van der Waals surface area contributed by atoms with E-state index >= 15 is 0 Å². The fraction of sp³-hybridized carbons (Fsp3) is 0.647. The molecule has 2 N–H and O–H groups in total. The van der Waals surface area contributed by atoms with Gasteiger partial charge in [-0.3, -0.25) is 4.90 Å². The zero-order valence-corrected chi connectivity index (χ0v) is 16.4. The lowest BCUT2D eigenvalue weighted by molar-refractivity contribution is 0.0966. The molecule has 1 aliphatic carbocycles. The molecule has 4 heteroatoms. The van der Waals surface area contributed by atoms with E-state index in [4.69, 9.17) is 5.73 Å². The second kappa shape index (κ2) is 7.12. The summed E-state index contributed by atoms with van der Waals surface area (Å²) in [6.07, 6.45) is 5.17. The summed E-state index contributed by atoms with van der Waals surface area (Å²) in [6.45, 7) is 5.43. The summed E-state index contributed by atoms with van der Waals surface area (Å²) in [6, 6.07) is 7.40. The first-order chi connectivity index (χ1) is 9.84. The minimum atomic E-state index is 0.292. The second-order valence-electron chi connectivity index (χ2n) is 6.99. The normalized spacial score (nSPS) is 20.7. The average molecular weight is 418 g/mol. The molecule has 0 aromatic heterocycles. The molecule has 1 unspecified atom stereocenters. The van der Waals surface area contributed by atoms with Crippen molar-refractivity contribution in [1.29, 1.82) is 0 Å². The first-order valence-corrected chi connectivity index (χ1v) is 9.29. The van der Waals surface area contributed by atoms with Crippen LogP contribution < -0.4 is 5.73 Å². The van der Waals surface area contributed by atoms with Crippen molar-refractivity contribution in [3.8, 4) is 0 Å². The molecule has 0 saturated heterocycles. The third kappa shape index (κ3) is 4.31. The summed E-state index contributed by atoms with van der Waals surface area (Å²) in [7, 11) is 2.23. The van der Waals surface area contributed by atoms with E-state index in [1.807, 2.05) is 0 Å². The van der Waals surface area contributed by atoms with Crippen LogP contribution >= 0.6 is 31.9 Å². The van der Waals surface area contributed by atoms with Gasteiger partial charge in [-0.1, -0.05) is 19.9 Å². The monoisotopic (exact) mass is 416 g/mol. The van der Waals surface area contributed by atoms with Crippen LogP contribution in [-0.4, -0.2) is 24.5 Å². The standard InChI is InChI=1S/C17H26Br2N2/c1-17(2)8-6-13(7-9-17)21(3)16(11-20)12-4-5-14(18)15(19)10-12/h4-5,10,13,16H,6-9,11,20H2,1-3H3. The second-order valence-corrected chi connectivity index (χ2v) is 8.69. The fourth-order valence-corrected chi connectivity index (χ4v) is 3.95. The Morgan fingerprint density at radius 2 is 1.86 bits per heavy atom. The molecule has 1 aliphatic rings. The Labute approximate surface area is 145 Å². The molecule has 0 aliphatic heterocycles. The number of nitrogens with two attached hydrogens (primary N) is 1. The van der Waals surface area contributed by atoms with E-state index in [-0.39, 0.29) is 0 Å². The number of halogens is 2. The van der Waals surface area contributed by atoms with E-state index in [0.29, 0.717) is 24.0 Å². The van der Waals surface area contributed by atoms with Crippen LogP contribution in [0.4, 0.5) is 0 Å². The van der Waals surface area contributed by atoms with E-state index in [1.54, 1.807) is 0 Å². The molecule has 1 saturated carbocycles. The minimum absolute atomic E-state index is 0.292. The van der Waals surface area contributed by atoms with Crippen molar-refractivity contribution in [3.05, 3.63) is 32.7 Å². The SMILES string of the molecule is CN(C1CCC(C)(C)CC1)C(CN)c1ccc(Br)c(Br)c1. The van der Waals surface area contributed by atoms with Gasteiger partial charge in [0.05, 0.1) is 0 Å². The summed E-state index contributed by atoms with van der Waals surface area (Å²) >= 11 is 7.13. The van der Waals surface area contributed by atoms with Crippen molar-refractivity contribution in [1.82, 2.24) is 4.90 Å². The maximum atomic E-state index is 6.09. The van der Waals surface area contributed by atoms with Gasteiger partial charge in [0.2, 0.25) is 0 Å². The summed E-state index contributed by atoms with van der Waals surface area (Å²) in [5.41, 5.74) is 7.89. The fourth-order valence-electron chi connectivity index (χ4n) is 3.30. The van der Waals surface area contributed by atoms with Crippen LogP contribution in [-0.2, 0) is 0 Å². The smallest absolute Gasteiger partial charge is 0.0470 e. The first-order valence-electron chi connectivity index (χ1n) is 7.71. The number of nitrogens with zero attached hydrogens (tertiary/aromatic N) is 1. The maximum absolute atomic E-state index is 6.09. The Balaban J connectivity index is 2.11. The molecule has 0 radical (unpaired) electrons. The van der Waals surface area contributed by atoms with Crippen molar-refractivity contribution in [2.75, 3.05) is 13.6 Å². The molecule has 21 heavy (non-hydrogen) atoms. The number of benzene rings is 1. The quantitative estimate of drug-likeness (QED) is 0.737. The molecule has 0 heterocycles. The van der Waals surface area contributed by atoms with Gasteiger partial charge in [-0.2, -0.15) is 0 Å². The van der Waals surface area contributed by atoms with Crippen molar-refractivity contribution >= 4 is 31.9 Å². The van der Waals surface area contributed by atoms with Crippen LogP contribution in [0.15, 0.2) is 27.1 Å². The van der Waals surface area contributed by atoms with Crippen LogP contribution in [0.5, 0.6) is 0 Å². The van der Waals surface area contributed by atoms with Gasteiger partial charge < -0.3 is 5.73 Å². The van der Waals surface area contributed by atoms with E-state index < -0.39 is 0 Å². The van der Waals surface area contributed by atoms with Crippen LogP contribution in [0.25, 0.3) is 0 Å². The van der Waals surface area contributed by atoms with Crippen LogP contribution in [0.1, 0.15) is 51.1 Å². The van der Waals surface area contributed by atoms with Gasteiger partial charge in [-0.05, 0) is 87.7 Å². The van der Waals surface area contributed by atoms with E-state index in [2.05, 4.69) is 75.9 Å². The van der Waals surface area contributed by atoms with E-state index in [1.165, 1.54) is 31.2 Å². The predicted octanol–water partition coefficient (Wildman–Crippen LogP) is 5.11. The van der Waals surface area contributed by atoms with Crippen molar-refractivity contribution < 1.29 is 0 Å². The molecule has 1 atom stereocenters. The average Bonchev–Trinajstić information content (AvgIpc) is 2.43. The molecule has 1 aromatic carbocycles. The third-order valence-electron chi connectivity index (χ3n) is 4.93. The lowest BCUT2D eigenvalue weighted by Gasteiger charge is -2.41. The predicted molar refractivity (Wildman–Crippen MR) is 97.4 cm³/mol. The Bertz CT molecular complexity index is 478. The van der Waals surface area contributed by atoms with Crippen LogP contribution in [0.2, 0.25) is 0 Å². The van der Waals surface area contributed by atoms with Crippen molar-refractivity contribution in [3.63, 3.8) is 0 Å². The van der Waals surface area contributed by atoms with Gasteiger partial charge >= 0.3 is 0 Å². The Morgan fingerprint density at radius 3 is 2.38 bits per heavy atom. The molecule has 0 amide bonds. The molecule has 2 rings (SSSR count). The van der Waals surface area contributed by atoms with Gasteiger partial charge in [-0.25, -0.2) is 0 Å². The number of hydrogen-bond acceptors (Lipinski definition) is 2. The van der Waals surface area contributed by atoms with Gasteiger partial charge in [0, 0.05) is 27.6 Å². The van der Waals surface area contributed by atoms with E-state index in [9.17, 15) is 0 Å². The molecule has 1 aromatic rings. The van der Waals surface area contributed by atoms with Gasteiger partial charge in [0.25, 0.3) is 0 Å². The number of rotatable bonds is 4. The molecule has 1 fully saturated rings. The zero-order chi connectivity index (χ0) is 15.6.